The summed E-state index contributed by atoms with van der Waals surface area (Å²) in [5.74, 6) is -1.01. The van der Waals surface area contributed by atoms with Crippen molar-refractivity contribution >= 4 is 17.3 Å². The summed E-state index contributed by atoms with van der Waals surface area (Å²) in [5.41, 5.74) is 4.67. The first kappa shape index (κ1) is 21.4. The number of nitrogens with one attached hydrogen (secondary N) is 1. The van der Waals surface area contributed by atoms with E-state index in [-0.39, 0.29) is 12.1 Å². The number of hydrogen-bond donors (Lipinski definition) is 2. The molecule has 0 unspecified atom stereocenters. The molecule has 0 aliphatic rings. The van der Waals surface area contributed by atoms with Crippen molar-refractivity contribution in [3.05, 3.63) is 72.3 Å². The summed E-state index contributed by atoms with van der Waals surface area (Å²) >= 11 is 0. The second-order valence-electron chi connectivity index (χ2n) is 7.36. The van der Waals surface area contributed by atoms with Gasteiger partial charge in [0.15, 0.2) is 5.65 Å². The van der Waals surface area contributed by atoms with Crippen molar-refractivity contribution in [1.82, 2.24) is 14.4 Å². The van der Waals surface area contributed by atoms with Crippen LogP contribution in [0.25, 0.3) is 28.0 Å². The standard InChI is InChI=1S/C23H19F3N4O2/c1-14-10-16(2-3-18(14)22(31)32)20-13-30-12-17(15-4-7-27-8-5-15)11-19(21(30)29-20)28-9-6-23(24,25)26/h2-5,7-8,10-13,28H,6,9H2,1H3,(H,31,32). The van der Waals surface area contributed by atoms with Crippen LogP contribution in [0.4, 0.5) is 18.9 Å². The second-order valence-corrected chi connectivity index (χ2v) is 7.36. The van der Waals surface area contributed by atoms with Crippen LogP contribution in [0, 0.1) is 6.92 Å². The van der Waals surface area contributed by atoms with Gasteiger partial charge >= 0.3 is 12.1 Å². The molecule has 0 aliphatic heterocycles. The van der Waals surface area contributed by atoms with Crippen molar-refractivity contribution in [3.8, 4) is 22.4 Å². The predicted octanol–water partition coefficient (Wildman–Crippen LogP) is 5.43. The molecule has 6 nitrogen and oxygen atoms in total. The third-order valence-corrected chi connectivity index (χ3v) is 5.04. The summed E-state index contributed by atoms with van der Waals surface area (Å²) in [6, 6.07) is 10.3. The maximum absolute atomic E-state index is 12.7. The fraction of sp³-hybridized carbons (Fsp3) is 0.174. The Balaban J connectivity index is 1.78. The lowest BCUT2D eigenvalue weighted by molar-refractivity contribution is -0.131. The van der Waals surface area contributed by atoms with Crippen LogP contribution in [0.2, 0.25) is 0 Å². The third kappa shape index (κ3) is 4.56. The molecule has 0 spiro atoms. The normalized spacial score (nSPS) is 11.6. The minimum absolute atomic E-state index is 0.201. The molecular weight excluding hydrogens is 421 g/mol. The molecule has 4 aromatic rings. The van der Waals surface area contributed by atoms with Gasteiger partial charge in [0.1, 0.15) is 0 Å². The molecule has 2 N–H and O–H groups in total. The lowest BCUT2D eigenvalue weighted by atomic mass is 10.0. The number of hydrogen-bond acceptors (Lipinski definition) is 4. The Labute approximate surface area is 181 Å². The summed E-state index contributed by atoms with van der Waals surface area (Å²) in [6.07, 6.45) is 1.65. The number of benzene rings is 1. The van der Waals surface area contributed by atoms with Gasteiger partial charge in [-0.15, -0.1) is 0 Å². The zero-order valence-electron chi connectivity index (χ0n) is 17.0. The number of fused-ring (bicyclic) bond motifs is 1. The maximum Gasteiger partial charge on any atom is 0.390 e. The first-order chi connectivity index (χ1) is 15.2. The molecule has 3 heterocycles. The molecule has 0 aliphatic carbocycles. The van der Waals surface area contributed by atoms with Crippen molar-refractivity contribution in [2.24, 2.45) is 0 Å². The molecule has 3 aromatic heterocycles. The fourth-order valence-electron chi connectivity index (χ4n) is 3.47. The van der Waals surface area contributed by atoms with E-state index >= 15 is 0 Å². The third-order valence-electron chi connectivity index (χ3n) is 5.04. The highest BCUT2D eigenvalue weighted by Crippen LogP contribution is 2.30. The average Bonchev–Trinajstić information content (AvgIpc) is 3.17. The molecule has 164 valence electrons. The van der Waals surface area contributed by atoms with Gasteiger partial charge in [0.2, 0.25) is 0 Å². The van der Waals surface area contributed by atoms with Crippen LogP contribution >= 0.6 is 0 Å². The predicted molar refractivity (Wildman–Crippen MR) is 115 cm³/mol. The van der Waals surface area contributed by atoms with E-state index in [0.717, 1.165) is 11.1 Å². The Morgan fingerprint density at radius 1 is 1.06 bits per heavy atom. The summed E-state index contributed by atoms with van der Waals surface area (Å²) in [7, 11) is 0. The SMILES string of the molecule is Cc1cc(-c2cn3cc(-c4ccncc4)cc(NCCC(F)(F)F)c3n2)ccc1C(=O)O. The first-order valence-corrected chi connectivity index (χ1v) is 9.79. The number of aryl methyl sites for hydroxylation is 1. The molecule has 0 radical (unpaired) electrons. The molecule has 9 heteroatoms. The molecule has 1 aromatic carbocycles. The van der Waals surface area contributed by atoms with Crippen LogP contribution in [0.3, 0.4) is 0 Å². The van der Waals surface area contributed by atoms with Gasteiger partial charge in [0, 0.05) is 42.5 Å². The topological polar surface area (TPSA) is 79.5 Å². The van der Waals surface area contributed by atoms with Gasteiger partial charge in [-0.2, -0.15) is 13.2 Å². The van der Waals surface area contributed by atoms with Gasteiger partial charge in [-0.05, 0) is 48.4 Å². The van der Waals surface area contributed by atoms with E-state index in [0.29, 0.717) is 28.2 Å². The number of pyridine rings is 2. The van der Waals surface area contributed by atoms with E-state index in [1.807, 2.05) is 18.3 Å². The van der Waals surface area contributed by atoms with E-state index in [1.54, 1.807) is 48.1 Å². The van der Waals surface area contributed by atoms with Crippen molar-refractivity contribution in [2.75, 3.05) is 11.9 Å². The fourth-order valence-corrected chi connectivity index (χ4v) is 3.47. The zero-order valence-corrected chi connectivity index (χ0v) is 17.0. The number of anilines is 1. The molecule has 0 saturated carbocycles. The van der Waals surface area contributed by atoms with Gasteiger partial charge in [-0.3, -0.25) is 4.98 Å². The molecule has 0 amide bonds. The van der Waals surface area contributed by atoms with Crippen LogP contribution in [-0.2, 0) is 0 Å². The van der Waals surface area contributed by atoms with Crippen LogP contribution in [0.1, 0.15) is 22.3 Å². The largest absolute Gasteiger partial charge is 0.478 e. The Morgan fingerprint density at radius 2 is 1.81 bits per heavy atom. The molecular formula is C23H19F3N4O2. The monoisotopic (exact) mass is 440 g/mol. The van der Waals surface area contributed by atoms with Crippen molar-refractivity contribution in [3.63, 3.8) is 0 Å². The number of carboxylic acid groups (broad SMARTS) is 1. The lowest BCUT2D eigenvalue weighted by Crippen LogP contribution is -2.15. The van der Waals surface area contributed by atoms with E-state index in [2.05, 4.69) is 15.3 Å². The van der Waals surface area contributed by atoms with Crippen LogP contribution < -0.4 is 5.32 Å². The summed E-state index contributed by atoms with van der Waals surface area (Å²) in [6.45, 7) is 1.42. The minimum atomic E-state index is -4.27. The average molecular weight is 440 g/mol. The Morgan fingerprint density at radius 3 is 2.47 bits per heavy atom. The Bertz CT molecular complexity index is 1280. The number of aromatic nitrogens is 3. The summed E-state index contributed by atoms with van der Waals surface area (Å²) in [5, 5.41) is 12.1. The van der Waals surface area contributed by atoms with Crippen LogP contribution in [-0.4, -0.2) is 38.2 Å². The molecule has 0 saturated heterocycles. The van der Waals surface area contributed by atoms with Gasteiger partial charge in [0.05, 0.1) is 23.4 Å². The van der Waals surface area contributed by atoms with Gasteiger partial charge in [-0.1, -0.05) is 6.07 Å². The number of nitrogens with zero attached hydrogens (tertiary/aromatic N) is 3. The Kier molecular flexibility index (Phi) is 5.56. The number of alkyl halides is 3. The van der Waals surface area contributed by atoms with E-state index in [4.69, 9.17) is 0 Å². The number of aromatic carboxylic acids is 1. The van der Waals surface area contributed by atoms with Crippen LogP contribution in [0.15, 0.2) is 61.2 Å². The van der Waals surface area contributed by atoms with Gasteiger partial charge in [-0.25, -0.2) is 9.78 Å². The van der Waals surface area contributed by atoms with Crippen LogP contribution in [0.5, 0.6) is 0 Å². The highest BCUT2D eigenvalue weighted by atomic mass is 19.4. The number of carbonyl (C=O) groups is 1. The molecule has 32 heavy (non-hydrogen) atoms. The summed E-state index contributed by atoms with van der Waals surface area (Å²) in [4.78, 5) is 19.9. The quantitative estimate of drug-likeness (QED) is 0.418. The second kappa shape index (κ2) is 8.33. The Hall–Kier alpha value is -3.88. The van der Waals surface area contributed by atoms with Gasteiger partial charge < -0.3 is 14.8 Å². The lowest BCUT2D eigenvalue weighted by Gasteiger charge is -2.12. The molecule has 0 fully saturated rings. The zero-order chi connectivity index (χ0) is 22.9. The van der Waals surface area contributed by atoms with E-state index in [1.165, 1.54) is 6.07 Å². The minimum Gasteiger partial charge on any atom is -0.478 e. The number of carboxylic acids is 1. The molecule has 0 bridgehead atoms. The maximum atomic E-state index is 12.7. The van der Waals surface area contributed by atoms with Crippen molar-refractivity contribution < 1.29 is 23.1 Å². The molecule has 0 atom stereocenters. The summed E-state index contributed by atoms with van der Waals surface area (Å²) < 4.78 is 39.7. The number of rotatable bonds is 6. The highest BCUT2D eigenvalue weighted by molar-refractivity contribution is 5.90. The highest BCUT2D eigenvalue weighted by Gasteiger charge is 2.26. The number of imidazole rings is 1. The first-order valence-electron chi connectivity index (χ1n) is 9.79. The number of halogens is 3. The van der Waals surface area contributed by atoms with Crippen molar-refractivity contribution in [1.29, 1.82) is 0 Å². The van der Waals surface area contributed by atoms with E-state index < -0.39 is 18.6 Å². The molecule has 4 rings (SSSR count). The van der Waals surface area contributed by atoms with Gasteiger partial charge in [0.25, 0.3) is 0 Å². The van der Waals surface area contributed by atoms with E-state index in [9.17, 15) is 23.1 Å². The smallest absolute Gasteiger partial charge is 0.390 e. The van der Waals surface area contributed by atoms with Crippen molar-refractivity contribution in [2.45, 2.75) is 19.5 Å².